The Bertz CT molecular complexity index is 539. The van der Waals surface area contributed by atoms with Crippen molar-refractivity contribution in [3.63, 3.8) is 0 Å². The molecule has 0 N–H and O–H groups in total. The molecule has 114 valence electrons. The van der Waals surface area contributed by atoms with Crippen LogP contribution < -0.4 is 0 Å². The number of rotatable bonds is 3. The molecule has 2 atom stereocenters. The molecule has 0 radical (unpaired) electrons. The summed E-state index contributed by atoms with van der Waals surface area (Å²) in [5, 5.41) is 1.17. The molecule has 0 spiro atoms. The molecule has 1 aliphatic carbocycles. The van der Waals surface area contributed by atoms with Gasteiger partial charge in [0.15, 0.2) is 0 Å². The van der Waals surface area contributed by atoms with Gasteiger partial charge in [-0.3, -0.25) is 4.79 Å². The van der Waals surface area contributed by atoms with E-state index in [9.17, 15) is 4.79 Å². The summed E-state index contributed by atoms with van der Waals surface area (Å²) in [5.41, 5.74) is 0. The molecule has 4 rings (SSSR count). The molecule has 2 aliphatic heterocycles. The summed E-state index contributed by atoms with van der Waals surface area (Å²) in [4.78, 5) is 22.8. The van der Waals surface area contributed by atoms with E-state index in [4.69, 9.17) is 0 Å². The Labute approximate surface area is 130 Å². The maximum Gasteiger partial charge on any atom is 0.265 e. The van der Waals surface area contributed by atoms with Crippen molar-refractivity contribution in [1.82, 2.24) is 14.8 Å². The maximum atomic E-state index is 12.9. The SMILES string of the molecule is CN1CCCC1C1CCCN1C(=O)c1cnc(C2CC2)s1. The van der Waals surface area contributed by atoms with Gasteiger partial charge in [0.05, 0.1) is 11.2 Å². The summed E-state index contributed by atoms with van der Waals surface area (Å²) in [7, 11) is 2.20. The first kappa shape index (κ1) is 13.7. The van der Waals surface area contributed by atoms with Crippen LogP contribution in [0.3, 0.4) is 0 Å². The monoisotopic (exact) mass is 305 g/mol. The number of nitrogens with zero attached hydrogens (tertiary/aromatic N) is 3. The first-order valence-corrected chi connectivity index (χ1v) is 9.02. The lowest BCUT2D eigenvalue weighted by Gasteiger charge is -2.33. The van der Waals surface area contributed by atoms with Crippen LogP contribution in [-0.4, -0.2) is 52.9 Å². The van der Waals surface area contributed by atoms with Crippen LogP contribution in [0.1, 0.15) is 59.1 Å². The fraction of sp³-hybridized carbons (Fsp3) is 0.750. The molecular formula is C16H23N3OS. The van der Waals surface area contributed by atoms with Crippen LogP contribution in [0.4, 0.5) is 0 Å². The average Bonchev–Trinajstić information content (AvgIpc) is 2.93. The largest absolute Gasteiger partial charge is 0.333 e. The lowest BCUT2D eigenvalue weighted by atomic mass is 10.0. The quantitative estimate of drug-likeness (QED) is 0.861. The summed E-state index contributed by atoms with van der Waals surface area (Å²) >= 11 is 1.63. The summed E-state index contributed by atoms with van der Waals surface area (Å²) in [5.74, 6) is 0.870. The predicted octanol–water partition coefficient (Wildman–Crippen LogP) is 2.72. The average molecular weight is 305 g/mol. The Balaban J connectivity index is 1.51. The van der Waals surface area contributed by atoms with Crippen molar-refractivity contribution in [2.24, 2.45) is 0 Å². The minimum Gasteiger partial charge on any atom is -0.333 e. The minimum atomic E-state index is 0.224. The number of hydrogen-bond acceptors (Lipinski definition) is 4. The van der Waals surface area contributed by atoms with Gasteiger partial charge >= 0.3 is 0 Å². The van der Waals surface area contributed by atoms with Gasteiger partial charge in [-0.2, -0.15) is 0 Å². The molecule has 21 heavy (non-hydrogen) atoms. The zero-order valence-electron chi connectivity index (χ0n) is 12.6. The molecule has 1 saturated carbocycles. The number of carbonyl (C=O) groups excluding carboxylic acids is 1. The van der Waals surface area contributed by atoms with Crippen molar-refractivity contribution in [2.45, 2.75) is 56.5 Å². The van der Waals surface area contributed by atoms with E-state index in [0.29, 0.717) is 18.0 Å². The van der Waals surface area contributed by atoms with E-state index in [1.54, 1.807) is 11.3 Å². The third-order valence-electron chi connectivity index (χ3n) is 5.24. The van der Waals surface area contributed by atoms with E-state index in [1.807, 2.05) is 6.20 Å². The minimum absolute atomic E-state index is 0.224. The molecule has 3 fully saturated rings. The molecule has 0 bridgehead atoms. The molecule has 1 amide bonds. The Hall–Kier alpha value is -0.940. The van der Waals surface area contributed by atoms with Gasteiger partial charge in [-0.25, -0.2) is 4.98 Å². The lowest BCUT2D eigenvalue weighted by Crippen LogP contribution is -2.46. The number of likely N-dealkylation sites (tertiary alicyclic amines) is 2. The molecule has 1 aromatic rings. The highest BCUT2D eigenvalue weighted by atomic mass is 32.1. The highest BCUT2D eigenvalue weighted by Crippen LogP contribution is 2.42. The van der Waals surface area contributed by atoms with E-state index < -0.39 is 0 Å². The molecular weight excluding hydrogens is 282 g/mol. The molecule has 1 aromatic heterocycles. The van der Waals surface area contributed by atoms with E-state index in [1.165, 1.54) is 37.2 Å². The summed E-state index contributed by atoms with van der Waals surface area (Å²) in [6, 6.07) is 0.976. The number of carbonyl (C=O) groups is 1. The van der Waals surface area contributed by atoms with Gasteiger partial charge in [0.2, 0.25) is 0 Å². The van der Waals surface area contributed by atoms with Crippen LogP contribution in [0, 0.1) is 0 Å². The molecule has 2 saturated heterocycles. The highest BCUT2D eigenvalue weighted by molar-refractivity contribution is 7.13. The number of hydrogen-bond donors (Lipinski definition) is 0. The Morgan fingerprint density at radius 3 is 2.67 bits per heavy atom. The maximum absolute atomic E-state index is 12.9. The first-order chi connectivity index (χ1) is 10.2. The van der Waals surface area contributed by atoms with Crippen LogP contribution in [0.5, 0.6) is 0 Å². The molecule has 0 aromatic carbocycles. The molecule has 4 nitrogen and oxygen atoms in total. The van der Waals surface area contributed by atoms with Gasteiger partial charge in [0, 0.05) is 24.5 Å². The molecule has 2 unspecified atom stereocenters. The van der Waals surface area contributed by atoms with Crippen molar-refractivity contribution < 1.29 is 4.79 Å². The summed E-state index contributed by atoms with van der Waals surface area (Å²) in [6.45, 7) is 2.10. The van der Waals surface area contributed by atoms with Gasteiger partial charge in [-0.15, -0.1) is 11.3 Å². The van der Waals surface area contributed by atoms with E-state index in [-0.39, 0.29) is 5.91 Å². The van der Waals surface area contributed by atoms with Crippen molar-refractivity contribution in [3.8, 4) is 0 Å². The van der Waals surface area contributed by atoms with Gasteiger partial charge in [-0.1, -0.05) is 0 Å². The standard InChI is InChI=1S/C16H23N3OS/c1-18-8-2-4-12(18)13-5-3-9-19(13)16(20)14-10-17-15(21-14)11-6-7-11/h10-13H,2-9H2,1H3. The number of amides is 1. The summed E-state index contributed by atoms with van der Waals surface area (Å²) in [6.07, 6.45) is 9.13. The van der Waals surface area contributed by atoms with E-state index >= 15 is 0 Å². The second-order valence-corrected chi connectivity index (χ2v) is 7.80. The van der Waals surface area contributed by atoms with Gasteiger partial charge in [0.1, 0.15) is 4.88 Å². The van der Waals surface area contributed by atoms with Crippen LogP contribution >= 0.6 is 11.3 Å². The number of aromatic nitrogens is 1. The molecule has 3 aliphatic rings. The number of thiazole rings is 1. The fourth-order valence-electron chi connectivity index (χ4n) is 3.91. The Kier molecular flexibility index (Phi) is 3.50. The van der Waals surface area contributed by atoms with E-state index in [2.05, 4.69) is 21.8 Å². The van der Waals surface area contributed by atoms with Crippen LogP contribution in [-0.2, 0) is 0 Å². The highest BCUT2D eigenvalue weighted by Gasteiger charge is 2.39. The van der Waals surface area contributed by atoms with Gasteiger partial charge in [-0.05, 0) is 52.1 Å². The van der Waals surface area contributed by atoms with Gasteiger partial charge < -0.3 is 9.80 Å². The van der Waals surface area contributed by atoms with Crippen LogP contribution in [0.2, 0.25) is 0 Å². The van der Waals surface area contributed by atoms with E-state index in [0.717, 1.165) is 24.3 Å². The zero-order valence-corrected chi connectivity index (χ0v) is 13.4. The fourth-order valence-corrected chi connectivity index (χ4v) is 4.96. The van der Waals surface area contributed by atoms with Crippen molar-refractivity contribution in [1.29, 1.82) is 0 Å². The predicted molar refractivity (Wildman–Crippen MR) is 83.8 cm³/mol. The summed E-state index contributed by atoms with van der Waals surface area (Å²) < 4.78 is 0. The third-order valence-corrected chi connectivity index (χ3v) is 6.39. The third kappa shape index (κ3) is 2.50. The van der Waals surface area contributed by atoms with Crippen molar-refractivity contribution in [2.75, 3.05) is 20.1 Å². The Morgan fingerprint density at radius 2 is 1.95 bits per heavy atom. The smallest absolute Gasteiger partial charge is 0.265 e. The molecule has 5 heteroatoms. The lowest BCUT2D eigenvalue weighted by molar-refractivity contribution is 0.0669. The van der Waals surface area contributed by atoms with Crippen LogP contribution in [0.25, 0.3) is 0 Å². The zero-order chi connectivity index (χ0) is 14.4. The van der Waals surface area contributed by atoms with Crippen molar-refractivity contribution >= 4 is 17.2 Å². The second kappa shape index (κ2) is 5.36. The van der Waals surface area contributed by atoms with Crippen LogP contribution in [0.15, 0.2) is 6.20 Å². The second-order valence-electron chi connectivity index (χ2n) is 6.74. The Morgan fingerprint density at radius 1 is 1.19 bits per heavy atom. The first-order valence-electron chi connectivity index (χ1n) is 8.21. The number of likely N-dealkylation sites (N-methyl/N-ethyl adjacent to an activating group) is 1. The van der Waals surface area contributed by atoms with Gasteiger partial charge in [0.25, 0.3) is 5.91 Å². The normalized spacial score (nSPS) is 30.2. The topological polar surface area (TPSA) is 36.4 Å². The molecule has 3 heterocycles. The van der Waals surface area contributed by atoms with Crippen molar-refractivity contribution in [3.05, 3.63) is 16.1 Å².